The first-order valence-corrected chi connectivity index (χ1v) is 17.6. The van der Waals surface area contributed by atoms with Gasteiger partial charge in [-0.05, 0) is 153 Å². The number of ether oxygens (including phenoxy) is 2. The molecule has 255 valence electrons. The Balaban J connectivity index is 4.08. The predicted octanol–water partition coefficient (Wildman–Crippen LogP) is 13.5. The summed E-state index contributed by atoms with van der Waals surface area (Å²) in [7, 11) is 0. The molecule has 0 heterocycles. The maximum absolute atomic E-state index is 5.86. The van der Waals surface area contributed by atoms with Gasteiger partial charge in [-0.1, -0.05) is 93.2 Å². The Kier molecular flexibility index (Phi) is 26.7. The van der Waals surface area contributed by atoms with Crippen LogP contribution in [0.3, 0.4) is 0 Å². The second kappa shape index (κ2) is 28.1. The maximum atomic E-state index is 5.86. The van der Waals surface area contributed by atoms with Gasteiger partial charge >= 0.3 is 0 Å². The lowest BCUT2D eigenvalue weighted by molar-refractivity contribution is 0.0267. The Morgan fingerprint density at radius 1 is 0.422 bits per heavy atom. The van der Waals surface area contributed by atoms with E-state index >= 15 is 0 Å². The number of hydrogen-bond donors (Lipinski definition) is 0. The summed E-state index contributed by atoms with van der Waals surface area (Å²) in [5.74, 6) is 0. The molecule has 1 radical (unpaired) electrons. The Morgan fingerprint density at radius 3 is 1.04 bits per heavy atom. The topological polar surface area (TPSA) is 18.5 Å². The van der Waals surface area contributed by atoms with Crippen LogP contribution in [0.25, 0.3) is 0 Å². The highest BCUT2D eigenvalue weighted by atomic mass is 16.5. The molecule has 0 aromatic heterocycles. The van der Waals surface area contributed by atoms with Crippen molar-refractivity contribution in [3.8, 4) is 0 Å². The molecular weight excluding hydrogens is 548 g/mol. The summed E-state index contributed by atoms with van der Waals surface area (Å²) < 4.78 is 11.7. The van der Waals surface area contributed by atoms with Gasteiger partial charge in [0.25, 0.3) is 0 Å². The van der Waals surface area contributed by atoms with Crippen LogP contribution < -0.4 is 0 Å². The van der Waals surface area contributed by atoms with Gasteiger partial charge in [-0.15, -0.1) is 0 Å². The predicted molar refractivity (Wildman–Crippen MR) is 203 cm³/mol. The Bertz CT molecular complexity index is 1030. The molecule has 2 nitrogen and oxygen atoms in total. The van der Waals surface area contributed by atoms with E-state index in [1.807, 2.05) is 0 Å². The van der Waals surface area contributed by atoms with E-state index in [2.05, 4.69) is 125 Å². The van der Waals surface area contributed by atoms with Crippen LogP contribution in [0.1, 0.15) is 146 Å². The fraction of sp³-hybridized carbons (Fsp3) is 0.605. The molecule has 0 saturated carbocycles. The van der Waals surface area contributed by atoms with Gasteiger partial charge in [0, 0.05) is 0 Å². The molecule has 0 fully saturated rings. The highest BCUT2D eigenvalue weighted by molar-refractivity contribution is 5.08. The van der Waals surface area contributed by atoms with Gasteiger partial charge in [0.1, 0.15) is 0 Å². The van der Waals surface area contributed by atoms with Crippen molar-refractivity contribution in [2.45, 2.75) is 152 Å². The summed E-state index contributed by atoms with van der Waals surface area (Å²) in [5, 5.41) is 0. The molecule has 2 heteroatoms. The lowest BCUT2D eigenvalue weighted by Gasteiger charge is -2.12. The molecule has 1 unspecified atom stereocenters. The van der Waals surface area contributed by atoms with Crippen molar-refractivity contribution in [3.05, 3.63) is 100 Å². The van der Waals surface area contributed by atoms with E-state index in [9.17, 15) is 0 Å². The Labute approximate surface area is 281 Å². The third-order valence-electron chi connectivity index (χ3n) is 7.93. The summed E-state index contributed by atoms with van der Waals surface area (Å²) in [5.41, 5.74) is 11.5. The minimum atomic E-state index is -0.154. The summed E-state index contributed by atoms with van der Waals surface area (Å²) in [6.07, 6.45) is 32.0. The zero-order valence-electron chi connectivity index (χ0n) is 31.3. The third kappa shape index (κ3) is 30.3. The Hall–Kier alpha value is -2.16. The molecular formula is C43H71O2. The monoisotopic (exact) mass is 620 g/mol. The van der Waals surface area contributed by atoms with Gasteiger partial charge in [0.2, 0.25) is 0 Å². The number of rotatable bonds is 25. The highest BCUT2D eigenvalue weighted by Gasteiger charge is 2.02. The fourth-order valence-corrected chi connectivity index (χ4v) is 4.75. The van der Waals surface area contributed by atoms with Crippen molar-refractivity contribution in [1.29, 1.82) is 0 Å². The average molecular weight is 620 g/mol. The molecule has 0 N–H and O–H groups in total. The molecule has 0 saturated heterocycles. The van der Waals surface area contributed by atoms with Gasteiger partial charge < -0.3 is 9.47 Å². The first kappa shape index (κ1) is 42.8. The summed E-state index contributed by atoms with van der Waals surface area (Å²) in [6.45, 7) is 27.9. The quantitative estimate of drug-likeness (QED) is 0.0747. The van der Waals surface area contributed by atoms with Gasteiger partial charge in [0.15, 0.2) is 0 Å². The van der Waals surface area contributed by atoms with Crippen molar-refractivity contribution >= 4 is 0 Å². The number of hydrogen-bond acceptors (Lipinski definition) is 2. The van der Waals surface area contributed by atoms with Gasteiger partial charge in [-0.3, -0.25) is 0 Å². The molecule has 0 rings (SSSR count). The number of allylic oxidation sites excluding steroid dienone is 14. The fourth-order valence-electron chi connectivity index (χ4n) is 4.75. The third-order valence-corrected chi connectivity index (χ3v) is 7.93. The first-order valence-electron chi connectivity index (χ1n) is 17.6. The van der Waals surface area contributed by atoms with Crippen molar-refractivity contribution in [1.82, 2.24) is 0 Å². The SMILES string of the molecule is [CH2]C(COC/C=C(\C)CC/C=C(\C)CC/C=C(\C)CCC=C(C)C)OC/C=C(\C)CC/C=C(\C)CC/C=C(\C)CCC=C(C)C. The smallest absolute Gasteiger partial charge is 0.0813 e. The van der Waals surface area contributed by atoms with Crippen LogP contribution in [0, 0.1) is 6.92 Å². The molecule has 0 aromatic rings. The molecule has 1 atom stereocenters. The Morgan fingerprint density at radius 2 is 0.711 bits per heavy atom. The second-order valence-corrected chi connectivity index (χ2v) is 13.6. The average Bonchev–Trinajstić information content (AvgIpc) is 2.95. The highest BCUT2D eigenvalue weighted by Crippen LogP contribution is 2.15. The molecule has 0 aliphatic carbocycles. The van der Waals surface area contributed by atoms with E-state index in [0.29, 0.717) is 19.8 Å². The van der Waals surface area contributed by atoms with Crippen molar-refractivity contribution in [3.63, 3.8) is 0 Å². The molecule has 0 amide bonds. The molecule has 0 aromatic carbocycles. The second-order valence-electron chi connectivity index (χ2n) is 13.6. The van der Waals surface area contributed by atoms with Crippen LogP contribution in [-0.4, -0.2) is 25.9 Å². The molecule has 45 heavy (non-hydrogen) atoms. The molecule has 0 bridgehead atoms. The maximum Gasteiger partial charge on any atom is 0.0813 e. The summed E-state index contributed by atoms with van der Waals surface area (Å²) in [6, 6.07) is 0. The standard InChI is InChI=1S/C43H71O2/c1-35(2)18-12-20-37(5)22-14-24-39(7)26-16-28-41(9)30-32-44-34-43(11)45-33-31-42(10)29-17-27-40(8)25-15-23-38(6)21-13-19-36(3)4/h18-19,22-23,26-27,30-31,43H,11-17,20-21,24-25,28-29,32-34H2,1-10H3/b37-22+,38-23+,39-26+,40-27+,41-30+,42-31+. The van der Waals surface area contributed by atoms with E-state index in [0.717, 1.165) is 64.2 Å². The van der Waals surface area contributed by atoms with E-state index in [-0.39, 0.29) is 6.10 Å². The van der Waals surface area contributed by atoms with E-state index in [4.69, 9.17) is 9.47 Å². The minimum absolute atomic E-state index is 0.154. The van der Waals surface area contributed by atoms with Crippen LogP contribution in [-0.2, 0) is 9.47 Å². The van der Waals surface area contributed by atoms with Gasteiger partial charge in [-0.25, -0.2) is 0 Å². The normalized spacial score (nSPS) is 14.6. The van der Waals surface area contributed by atoms with Crippen LogP contribution >= 0.6 is 0 Å². The van der Waals surface area contributed by atoms with Crippen LogP contribution in [0.4, 0.5) is 0 Å². The van der Waals surface area contributed by atoms with E-state index < -0.39 is 0 Å². The van der Waals surface area contributed by atoms with Crippen molar-refractivity contribution in [2.24, 2.45) is 0 Å². The van der Waals surface area contributed by atoms with Crippen LogP contribution in [0.15, 0.2) is 93.2 Å². The van der Waals surface area contributed by atoms with Crippen molar-refractivity contribution in [2.75, 3.05) is 19.8 Å². The zero-order valence-corrected chi connectivity index (χ0v) is 31.3. The zero-order chi connectivity index (χ0) is 33.9. The van der Waals surface area contributed by atoms with E-state index in [1.165, 1.54) is 57.4 Å². The van der Waals surface area contributed by atoms with Crippen LogP contribution in [0.2, 0.25) is 0 Å². The van der Waals surface area contributed by atoms with Gasteiger partial charge in [0.05, 0.1) is 25.9 Å². The van der Waals surface area contributed by atoms with E-state index in [1.54, 1.807) is 0 Å². The minimum Gasteiger partial charge on any atom is -0.375 e. The molecule has 0 aliphatic heterocycles. The molecule has 0 aliphatic rings. The first-order chi connectivity index (χ1) is 21.4. The summed E-state index contributed by atoms with van der Waals surface area (Å²) in [4.78, 5) is 0. The van der Waals surface area contributed by atoms with Crippen LogP contribution in [0.5, 0.6) is 0 Å². The molecule has 0 spiro atoms. The lowest BCUT2D eigenvalue weighted by atomic mass is 10.0. The largest absolute Gasteiger partial charge is 0.375 e. The lowest BCUT2D eigenvalue weighted by Crippen LogP contribution is -2.16. The summed E-state index contributed by atoms with van der Waals surface area (Å²) >= 11 is 0. The van der Waals surface area contributed by atoms with Crippen molar-refractivity contribution < 1.29 is 9.47 Å². The van der Waals surface area contributed by atoms with Gasteiger partial charge in [-0.2, -0.15) is 0 Å².